The van der Waals surface area contributed by atoms with Gasteiger partial charge >= 0.3 is 37.9 Å². The molecule has 0 unspecified atom stereocenters. The molecule has 4 bridgehead atoms. The summed E-state index contributed by atoms with van der Waals surface area (Å²) in [6.45, 7) is 7.33. The van der Waals surface area contributed by atoms with Gasteiger partial charge in [0.15, 0.2) is 0 Å². The van der Waals surface area contributed by atoms with Gasteiger partial charge < -0.3 is 5.11 Å². The molecule has 0 aromatic heterocycles. The fourth-order valence-corrected chi connectivity index (χ4v) is 6.11. The fourth-order valence-electron chi connectivity index (χ4n) is 6.11. The van der Waals surface area contributed by atoms with Crippen molar-refractivity contribution in [2.24, 2.45) is 28.7 Å². The maximum atomic E-state index is 11.0. The molecular weight excluding hydrogens is 456 g/mol. The Balaban J connectivity index is 0.000000659. The number of rotatable bonds is 4. The van der Waals surface area contributed by atoms with E-state index in [1.165, 1.54) is 49.7 Å². The molecule has 148 valence electrons. The molecule has 0 atom stereocenters. The molecule has 0 spiro atoms. The zero-order valence-electron chi connectivity index (χ0n) is 16.6. The van der Waals surface area contributed by atoms with Gasteiger partial charge in [-0.1, -0.05) is 19.9 Å². The monoisotopic (exact) mass is 485 g/mol. The van der Waals surface area contributed by atoms with Gasteiger partial charge in [-0.3, -0.25) is 4.99 Å². The fraction of sp³-hybridized carbons (Fsp3) is 0.682. The van der Waals surface area contributed by atoms with Gasteiger partial charge in [-0.2, -0.15) is 0 Å². The Labute approximate surface area is 182 Å². The predicted molar refractivity (Wildman–Crippen MR) is 112 cm³/mol. The number of phenols is 1. The van der Waals surface area contributed by atoms with E-state index in [4.69, 9.17) is 17.0 Å². The topological polar surface area (TPSA) is 32.6 Å². The van der Waals surface area contributed by atoms with Crippen LogP contribution < -0.4 is 0 Å². The first-order valence-electron chi connectivity index (χ1n) is 10.2. The van der Waals surface area contributed by atoms with Crippen molar-refractivity contribution in [1.82, 2.24) is 0 Å². The van der Waals surface area contributed by atoms with Crippen LogP contribution in [0.1, 0.15) is 69.1 Å². The van der Waals surface area contributed by atoms with Gasteiger partial charge in [0.2, 0.25) is 0 Å². The molecule has 4 aliphatic rings. The van der Waals surface area contributed by atoms with Gasteiger partial charge in [0.1, 0.15) is 5.75 Å². The summed E-state index contributed by atoms with van der Waals surface area (Å²) < 4.78 is 0. The summed E-state index contributed by atoms with van der Waals surface area (Å²) in [6.07, 6.45) is 10.1. The van der Waals surface area contributed by atoms with Crippen molar-refractivity contribution in [1.29, 1.82) is 0 Å². The Morgan fingerprint density at radius 2 is 1.67 bits per heavy atom. The van der Waals surface area contributed by atoms with Crippen molar-refractivity contribution >= 4 is 23.2 Å². The van der Waals surface area contributed by atoms with Crippen molar-refractivity contribution in [2.75, 3.05) is 6.54 Å². The molecule has 0 radical (unpaired) electrons. The first-order valence-corrected chi connectivity index (χ1v) is 16.5. The van der Waals surface area contributed by atoms with Gasteiger partial charge in [-0.05, 0) is 86.2 Å². The summed E-state index contributed by atoms with van der Waals surface area (Å²) in [4.78, 5) is 4.55. The molecule has 0 aliphatic heterocycles. The molecule has 1 N–H and O–H groups in total. The minimum absolute atomic E-state index is 0.242. The number of aliphatic imine (C=N–C) groups is 1. The molecule has 0 heterocycles. The number of halogens is 2. The minimum atomic E-state index is -0.826. The third-order valence-corrected chi connectivity index (χ3v) is 6.59. The third-order valence-electron chi connectivity index (χ3n) is 6.59. The second-order valence-corrected chi connectivity index (χ2v) is 13.1. The number of aromatic hydroxyl groups is 1. The van der Waals surface area contributed by atoms with Crippen LogP contribution in [0.15, 0.2) is 17.1 Å². The quantitative estimate of drug-likeness (QED) is 0.476. The summed E-state index contributed by atoms with van der Waals surface area (Å²) in [6, 6.07) is 4.35. The van der Waals surface area contributed by atoms with Crippen LogP contribution in [0.5, 0.6) is 5.75 Å². The number of benzene rings is 1. The number of hydrogen-bond acceptors (Lipinski definition) is 2. The molecular formula is C22H31Cl2NOZr. The summed E-state index contributed by atoms with van der Waals surface area (Å²) in [5.41, 5.74) is 3.64. The SMILES string of the molecule is Cc1cc(C=NCC(C)C)c(O)c(C23CC4CC(CC(C4)C2)C3)c1.[Cl][Zr][Cl]. The summed E-state index contributed by atoms with van der Waals surface area (Å²) in [5.74, 6) is 3.75. The van der Waals surface area contributed by atoms with Crippen LogP contribution >= 0.6 is 17.0 Å². The third kappa shape index (κ3) is 5.02. The maximum absolute atomic E-state index is 11.0. The average molecular weight is 488 g/mol. The summed E-state index contributed by atoms with van der Waals surface area (Å²) in [5, 5.41) is 11.0. The molecule has 0 saturated heterocycles. The van der Waals surface area contributed by atoms with Crippen LogP contribution in [0.3, 0.4) is 0 Å². The summed E-state index contributed by atoms with van der Waals surface area (Å²) in [7, 11) is 9.87. The van der Waals surface area contributed by atoms with Gasteiger partial charge in [0.25, 0.3) is 0 Å². The van der Waals surface area contributed by atoms with Crippen molar-refractivity contribution < 1.29 is 26.0 Å². The van der Waals surface area contributed by atoms with Crippen LogP contribution in [0.25, 0.3) is 0 Å². The van der Waals surface area contributed by atoms with Crippen LogP contribution in [0, 0.1) is 30.6 Å². The number of nitrogens with zero attached hydrogens (tertiary/aromatic N) is 1. The Kier molecular flexibility index (Phi) is 7.54. The second kappa shape index (κ2) is 9.31. The average Bonchev–Trinajstić information content (AvgIpc) is 2.56. The van der Waals surface area contributed by atoms with E-state index in [-0.39, 0.29) is 5.41 Å². The van der Waals surface area contributed by atoms with E-state index in [1.807, 2.05) is 6.21 Å². The Hall–Kier alpha value is 0.153. The van der Waals surface area contributed by atoms with E-state index >= 15 is 0 Å². The van der Waals surface area contributed by atoms with E-state index in [0.717, 1.165) is 29.9 Å². The van der Waals surface area contributed by atoms with Crippen LogP contribution in [-0.2, 0) is 26.3 Å². The number of hydrogen-bond donors (Lipinski definition) is 1. The van der Waals surface area contributed by atoms with Crippen LogP contribution in [0.2, 0.25) is 0 Å². The first kappa shape index (κ1) is 21.9. The molecule has 4 fully saturated rings. The van der Waals surface area contributed by atoms with E-state index in [0.29, 0.717) is 11.7 Å². The van der Waals surface area contributed by atoms with Crippen LogP contribution in [0.4, 0.5) is 0 Å². The second-order valence-electron chi connectivity index (χ2n) is 9.41. The Bertz CT molecular complexity index is 654. The summed E-state index contributed by atoms with van der Waals surface area (Å²) >= 11 is -0.826. The molecule has 2 nitrogen and oxygen atoms in total. The van der Waals surface area contributed by atoms with Crippen molar-refractivity contribution in [3.8, 4) is 5.75 Å². The molecule has 0 amide bonds. The number of phenolic OH excluding ortho intramolecular Hbond substituents is 1. The van der Waals surface area contributed by atoms with E-state index in [1.54, 1.807) is 0 Å². The van der Waals surface area contributed by atoms with Gasteiger partial charge in [0.05, 0.1) is 0 Å². The molecule has 4 saturated carbocycles. The molecule has 27 heavy (non-hydrogen) atoms. The van der Waals surface area contributed by atoms with E-state index in [9.17, 15) is 5.11 Å². The van der Waals surface area contributed by atoms with Crippen molar-refractivity contribution in [2.45, 2.75) is 64.7 Å². The van der Waals surface area contributed by atoms with Gasteiger partial charge in [-0.25, -0.2) is 0 Å². The standard InChI is InChI=1S/C22H31NO.2ClH.Zr/c1-14(2)12-23-13-19-4-15(3)5-20(21(19)24)22-9-16-6-17(10-22)8-18(7-16)11-22;;;/h4-5,13-14,16-18,24H,6-12H2,1-3H3;2*1H;/q;;;+2/p-2. The Morgan fingerprint density at radius 1 is 1.15 bits per heavy atom. The molecule has 5 heteroatoms. The van der Waals surface area contributed by atoms with E-state index < -0.39 is 20.8 Å². The van der Waals surface area contributed by atoms with Crippen LogP contribution in [-0.4, -0.2) is 17.9 Å². The molecule has 1 aromatic carbocycles. The first-order chi connectivity index (χ1) is 12.9. The zero-order chi connectivity index (χ0) is 19.6. The predicted octanol–water partition coefficient (Wildman–Crippen LogP) is 6.62. The van der Waals surface area contributed by atoms with Gasteiger partial charge in [0, 0.05) is 23.9 Å². The van der Waals surface area contributed by atoms with E-state index in [2.05, 4.69) is 37.9 Å². The normalized spacial score (nSPS) is 31.3. The zero-order valence-corrected chi connectivity index (χ0v) is 20.6. The van der Waals surface area contributed by atoms with Crippen molar-refractivity contribution in [3.63, 3.8) is 0 Å². The Morgan fingerprint density at radius 3 is 2.15 bits per heavy atom. The van der Waals surface area contributed by atoms with Crippen molar-refractivity contribution in [3.05, 3.63) is 28.8 Å². The molecule has 5 rings (SSSR count). The molecule has 4 aliphatic carbocycles. The van der Waals surface area contributed by atoms with Gasteiger partial charge in [-0.15, -0.1) is 0 Å². The molecule has 1 aromatic rings. The number of aryl methyl sites for hydroxylation is 1.